The van der Waals surface area contributed by atoms with Crippen LogP contribution in [0.5, 0.6) is 0 Å². The van der Waals surface area contributed by atoms with E-state index in [0.717, 1.165) is 37.1 Å². The van der Waals surface area contributed by atoms with Gasteiger partial charge in [-0.3, -0.25) is 19.1 Å². The van der Waals surface area contributed by atoms with E-state index in [1.54, 1.807) is 28.8 Å². The number of carbonyl (C=O) groups is 1. The summed E-state index contributed by atoms with van der Waals surface area (Å²) < 4.78 is 15.1. The monoisotopic (exact) mass is 468 g/mol. The van der Waals surface area contributed by atoms with Crippen molar-refractivity contribution >= 4 is 28.4 Å². The zero-order valence-corrected chi connectivity index (χ0v) is 19.2. The van der Waals surface area contributed by atoms with E-state index in [0.29, 0.717) is 60.8 Å². The zero-order chi connectivity index (χ0) is 22.9. The van der Waals surface area contributed by atoms with Gasteiger partial charge in [0.15, 0.2) is 0 Å². The second-order valence-electron chi connectivity index (χ2n) is 8.83. The molecule has 3 aromatic rings. The van der Waals surface area contributed by atoms with Crippen LogP contribution < -0.4 is 5.56 Å². The number of piperazine rings is 1. The van der Waals surface area contributed by atoms with Gasteiger partial charge in [-0.2, -0.15) is 0 Å². The van der Waals surface area contributed by atoms with Gasteiger partial charge in [-0.15, -0.1) is 0 Å². The molecule has 2 aromatic carbocycles. The molecule has 0 unspecified atom stereocenters. The second kappa shape index (κ2) is 9.23. The summed E-state index contributed by atoms with van der Waals surface area (Å²) in [4.78, 5) is 34.9. The van der Waals surface area contributed by atoms with E-state index in [9.17, 15) is 14.0 Å². The van der Waals surface area contributed by atoms with Gasteiger partial charge < -0.3 is 4.90 Å². The molecule has 8 heteroatoms. The lowest BCUT2D eigenvalue weighted by atomic mass is 10.1. The van der Waals surface area contributed by atoms with Crippen LogP contribution in [-0.4, -0.2) is 51.4 Å². The Morgan fingerprint density at radius 2 is 1.82 bits per heavy atom. The van der Waals surface area contributed by atoms with Crippen molar-refractivity contribution in [2.24, 2.45) is 0 Å². The Bertz CT molecular complexity index is 1270. The first-order chi connectivity index (χ1) is 16.0. The van der Waals surface area contributed by atoms with Gasteiger partial charge in [0.25, 0.3) is 11.5 Å². The van der Waals surface area contributed by atoms with Crippen LogP contribution in [0.3, 0.4) is 0 Å². The fraction of sp³-hybridized carbons (Fsp3) is 0.400. The van der Waals surface area contributed by atoms with Crippen LogP contribution in [0.4, 0.5) is 4.39 Å². The van der Waals surface area contributed by atoms with Crippen molar-refractivity contribution in [2.75, 3.05) is 26.2 Å². The van der Waals surface area contributed by atoms with Crippen molar-refractivity contribution in [1.29, 1.82) is 0 Å². The molecule has 172 valence electrons. The van der Waals surface area contributed by atoms with Crippen molar-refractivity contribution in [1.82, 2.24) is 19.4 Å². The molecule has 0 spiro atoms. The number of aryl methyl sites for hydroxylation is 1. The van der Waals surface area contributed by atoms with Gasteiger partial charge >= 0.3 is 0 Å². The highest BCUT2D eigenvalue weighted by molar-refractivity contribution is 6.31. The predicted molar refractivity (Wildman–Crippen MR) is 126 cm³/mol. The van der Waals surface area contributed by atoms with Crippen LogP contribution in [0, 0.1) is 5.82 Å². The Morgan fingerprint density at radius 3 is 2.61 bits per heavy atom. The number of carbonyl (C=O) groups excluding carboxylic acids is 1. The number of hydrogen-bond donors (Lipinski definition) is 0. The topological polar surface area (TPSA) is 58.4 Å². The number of fused-ring (bicyclic) bond motifs is 2. The summed E-state index contributed by atoms with van der Waals surface area (Å²) in [6.45, 7) is 3.94. The Balaban J connectivity index is 1.29. The molecule has 0 bridgehead atoms. The normalized spacial score (nSPS) is 17.1. The number of hydrogen-bond acceptors (Lipinski definition) is 4. The average molecular weight is 469 g/mol. The summed E-state index contributed by atoms with van der Waals surface area (Å²) >= 11 is 6.16. The minimum atomic E-state index is -0.345. The molecule has 1 aromatic heterocycles. The van der Waals surface area contributed by atoms with Gasteiger partial charge in [0, 0.05) is 56.3 Å². The van der Waals surface area contributed by atoms with Crippen LogP contribution in [0.2, 0.25) is 5.02 Å². The van der Waals surface area contributed by atoms with Crippen LogP contribution >= 0.6 is 11.6 Å². The van der Waals surface area contributed by atoms with Crippen LogP contribution in [-0.2, 0) is 19.5 Å². The number of halogens is 2. The molecule has 6 nitrogen and oxygen atoms in total. The summed E-state index contributed by atoms with van der Waals surface area (Å²) in [5.74, 6) is 0.429. The third-order valence-electron chi connectivity index (χ3n) is 6.63. The molecule has 0 saturated carbocycles. The molecule has 0 radical (unpaired) electrons. The highest BCUT2D eigenvalue weighted by Gasteiger charge is 2.23. The third kappa shape index (κ3) is 4.52. The first-order valence-electron chi connectivity index (χ1n) is 11.5. The fourth-order valence-electron chi connectivity index (χ4n) is 4.73. The van der Waals surface area contributed by atoms with E-state index in [1.807, 2.05) is 4.90 Å². The van der Waals surface area contributed by atoms with Gasteiger partial charge in [-0.1, -0.05) is 24.1 Å². The Morgan fingerprint density at radius 1 is 1.00 bits per heavy atom. The predicted octanol–water partition coefficient (Wildman–Crippen LogP) is 3.87. The lowest BCUT2D eigenvalue weighted by Crippen LogP contribution is -2.48. The minimum absolute atomic E-state index is 0.0102. The van der Waals surface area contributed by atoms with Gasteiger partial charge in [0.05, 0.1) is 10.9 Å². The molecular formula is C25H26ClFN4O2. The first-order valence-corrected chi connectivity index (χ1v) is 11.9. The molecule has 1 amide bonds. The fourth-order valence-corrected chi connectivity index (χ4v) is 4.96. The lowest BCUT2D eigenvalue weighted by Gasteiger charge is -2.35. The van der Waals surface area contributed by atoms with Crippen molar-refractivity contribution in [3.8, 4) is 0 Å². The number of amides is 1. The van der Waals surface area contributed by atoms with Gasteiger partial charge in [0.1, 0.15) is 11.6 Å². The maximum atomic E-state index is 13.3. The molecule has 33 heavy (non-hydrogen) atoms. The first kappa shape index (κ1) is 22.0. The van der Waals surface area contributed by atoms with E-state index < -0.39 is 0 Å². The minimum Gasteiger partial charge on any atom is -0.336 e. The summed E-state index contributed by atoms with van der Waals surface area (Å²) in [6.07, 6.45) is 3.92. The number of aromatic nitrogens is 2. The maximum Gasteiger partial charge on any atom is 0.261 e. The van der Waals surface area contributed by atoms with Crippen molar-refractivity contribution in [3.05, 3.63) is 74.5 Å². The van der Waals surface area contributed by atoms with E-state index in [4.69, 9.17) is 16.6 Å². The van der Waals surface area contributed by atoms with Crippen molar-refractivity contribution in [3.63, 3.8) is 0 Å². The Kier molecular flexibility index (Phi) is 6.17. The van der Waals surface area contributed by atoms with Gasteiger partial charge in [-0.25, -0.2) is 9.37 Å². The van der Waals surface area contributed by atoms with E-state index in [-0.39, 0.29) is 17.3 Å². The van der Waals surface area contributed by atoms with Gasteiger partial charge in [-0.05, 0) is 48.7 Å². The summed E-state index contributed by atoms with van der Waals surface area (Å²) in [5.41, 5.74) is 2.03. The number of benzene rings is 2. The van der Waals surface area contributed by atoms with Crippen LogP contribution in [0.15, 0.2) is 41.2 Å². The van der Waals surface area contributed by atoms with Gasteiger partial charge in [0.2, 0.25) is 0 Å². The quantitative estimate of drug-likeness (QED) is 0.585. The van der Waals surface area contributed by atoms with E-state index in [2.05, 4.69) is 4.90 Å². The Labute approximate surface area is 196 Å². The van der Waals surface area contributed by atoms with Crippen molar-refractivity contribution in [2.45, 2.75) is 38.8 Å². The molecular weight excluding hydrogens is 443 g/mol. The molecule has 0 aliphatic carbocycles. The molecule has 3 heterocycles. The van der Waals surface area contributed by atoms with Crippen LogP contribution in [0.1, 0.15) is 41.0 Å². The summed E-state index contributed by atoms with van der Waals surface area (Å²) in [6, 6.07) is 9.69. The highest BCUT2D eigenvalue weighted by atomic mass is 35.5. The lowest BCUT2D eigenvalue weighted by molar-refractivity contribution is 0.0628. The number of rotatable bonds is 3. The smallest absolute Gasteiger partial charge is 0.261 e. The molecule has 5 rings (SSSR count). The molecule has 1 fully saturated rings. The molecule has 0 N–H and O–H groups in total. The average Bonchev–Trinajstić information content (AvgIpc) is 3.06. The van der Waals surface area contributed by atoms with E-state index in [1.165, 1.54) is 12.1 Å². The summed E-state index contributed by atoms with van der Waals surface area (Å²) in [5, 5.41) is 0.990. The second-order valence-corrected chi connectivity index (χ2v) is 9.24. The van der Waals surface area contributed by atoms with Crippen LogP contribution in [0.25, 0.3) is 10.9 Å². The highest BCUT2D eigenvalue weighted by Crippen LogP contribution is 2.21. The van der Waals surface area contributed by atoms with E-state index >= 15 is 0 Å². The third-order valence-corrected chi connectivity index (χ3v) is 6.98. The Hall–Kier alpha value is -2.77. The molecule has 0 atom stereocenters. The maximum absolute atomic E-state index is 13.3. The van der Waals surface area contributed by atoms with Crippen molar-refractivity contribution < 1.29 is 9.18 Å². The standard InChI is InChI=1S/C25H26ClFN4O2/c26-21-15-19(27)7-5-18(21)16-29-10-12-30(13-11-29)24(32)17-6-8-20-22(14-17)28-23-4-2-1-3-9-31(23)25(20)33/h5-8,14-15H,1-4,9-13,16H2. The largest absolute Gasteiger partial charge is 0.336 e. The SMILES string of the molecule is O=C(c1ccc2c(=O)n3c(nc2c1)CCCCC3)N1CCN(Cc2ccc(F)cc2Cl)CC1. The molecule has 2 aliphatic heterocycles. The zero-order valence-electron chi connectivity index (χ0n) is 18.4. The number of nitrogens with zero attached hydrogens (tertiary/aromatic N) is 4. The summed E-state index contributed by atoms with van der Waals surface area (Å²) in [7, 11) is 0. The molecule has 1 saturated heterocycles. The molecule has 2 aliphatic rings.